The zero-order valence-corrected chi connectivity index (χ0v) is 13.8. The number of carbonyl (C=O) groups is 2. The van der Waals surface area contributed by atoms with Gasteiger partial charge in [0, 0.05) is 17.8 Å². The Morgan fingerprint density at radius 2 is 1.96 bits per heavy atom. The summed E-state index contributed by atoms with van der Waals surface area (Å²) in [5, 5.41) is 13.6. The smallest absolute Gasteiger partial charge is 0.341 e. The van der Waals surface area contributed by atoms with Crippen molar-refractivity contribution in [3.05, 3.63) is 63.2 Å². The number of anilines is 2. The number of hydrogen-bond donors (Lipinski definition) is 2. The van der Waals surface area contributed by atoms with E-state index in [1.165, 1.54) is 19.1 Å². The zero-order valence-electron chi connectivity index (χ0n) is 13.1. The van der Waals surface area contributed by atoms with Gasteiger partial charge in [0.1, 0.15) is 0 Å². The van der Waals surface area contributed by atoms with Crippen molar-refractivity contribution in [1.29, 1.82) is 0 Å². The quantitative estimate of drug-likeness (QED) is 0.364. The summed E-state index contributed by atoms with van der Waals surface area (Å²) in [6.45, 7) is 1.36. The number of nitro groups is 1. The molecular formula is C16H14ClN3O5. The molecule has 0 fully saturated rings. The van der Waals surface area contributed by atoms with Crippen LogP contribution in [-0.4, -0.2) is 22.9 Å². The number of hydrogen-bond acceptors (Lipinski definition) is 6. The van der Waals surface area contributed by atoms with E-state index in [0.717, 1.165) is 6.07 Å². The second-order valence-electron chi connectivity index (χ2n) is 5.05. The lowest BCUT2D eigenvalue weighted by Gasteiger charge is -2.14. The number of halogens is 1. The van der Waals surface area contributed by atoms with Crippen molar-refractivity contribution >= 4 is 40.5 Å². The van der Waals surface area contributed by atoms with E-state index < -0.39 is 22.9 Å². The van der Waals surface area contributed by atoms with E-state index in [0.29, 0.717) is 10.7 Å². The first-order valence-electron chi connectivity index (χ1n) is 7.10. The van der Waals surface area contributed by atoms with Crippen molar-refractivity contribution in [2.24, 2.45) is 0 Å². The van der Waals surface area contributed by atoms with Crippen molar-refractivity contribution in [2.45, 2.75) is 13.0 Å². The van der Waals surface area contributed by atoms with Gasteiger partial charge in [-0.15, -0.1) is 0 Å². The Balaban J connectivity index is 2.09. The first-order valence-corrected chi connectivity index (χ1v) is 7.47. The zero-order chi connectivity index (χ0) is 18.6. The first-order chi connectivity index (χ1) is 11.8. The van der Waals surface area contributed by atoms with E-state index in [4.69, 9.17) is 22.1 Å². The van der Waals surface area contributed by atoms with Crippen LogP contribution in [0.25, 0.3) is 0 Å². The fourth-order valence-corrected chi connectivity index (χ4v) is 2.09. The minimum absolute atomic E-state index is 0.00862. The molecule has 2 rings (SSSR count). The molecule has 0 aliphatic rings. The van der Waals surface area contributed by atoms with Crippen LogP contribution in [0.4, 0.5) is 17.1 Å². The molecule has 2 aromatic carbocycles. The molecule has 2 aromatic rings. The van der Waals surface area contributed by atoms with E-state index in [2.05, 4.69) is 5.32 Å². The Hall–Kier alpha value is -3.13. The molecule has 1 atom stereocenters. The van der Waals surface area contributed by atoms with Crippen LogP contribution in [0.2, 0.25) is 5.02 Å². The molecule has 3 N–H and O–H groups in total. The number of para-hydroxylation sites is 1. The van der Waals surface area contributed by atoms with E-state index in [-0.39, 0.29) is 16.9 Å². The lowest BCUT2D eigenvalue weighted by Crippen LogP contribution is -2.30. The summed E-state index contributed by atoms with van der Waals surface area (Å²) >= 11 is 5.94. The molecule has 0 aliphatic heterocycles. The third-order valence-electron chi connectivity index (χ3n) is 3.25. The SMILES string of the molecule is C[C@H](OC(=O)c1cc([N+](=O)[O-])ccc1N)C(=O)Nc1ccccc1Cl. The van der Waals surface area contributed by atoms with Gasteiger partial charge in [0.25, 0.3) is 11.6 Å². The molecule has 8 nitrogen and oxygen atoms in total. The van der Waals surface area contributed by atoms with Crippen LogP contribution in [0.3, 0.4) is 0 Å². The number of non-ortho nitro benzene ring substituents is 1. The Kier molecular flexibility index (Phi) is 5.56. The number of ether oxygens (including phenoxy) is 1. The van der Waals surface area contributed by atoms with Gasteiger partial charge in [0.15, 0.2) is 6.10 Å². The van der Waals surface area contributed by atoms with Crippen LogP contribution in [-0.2, 0) is 9.53 Å². The van der Waals surface area contributed by atoms with Gasteiger partial charge in [-0.3, -0.25) is 14.9 Å². The van der Waals surface area contributed by atoms with Gasteiger partial charge < -0.3 is 15.8 Å². The van der Waals surface area contributed by atoms with Gasteiger partial charge in [-0.05, 0) is 25.1 Å². The monoisotopic (exact) mass is 363 g/mol. The molecule has 1 amide bonds. The fourth-order valence-electron chi connectivity index (χ4n) is 1.91. The molecule has 0 heterocycles. The van der Waals surface area contributed by atoms with Crippen LogP contribution >= 0.6 is 11.6 Å². The number of rotatable bonds is 5. The average molecular weight is 364 g/mol. The van der Waals surface area contributed by atoms with Crippen molar-refractivity contribution < 1.29 is 19.2 Å². The average Bonchev–Trinajstić information content (AvgIpc) is 2.56. The van der Waals surface area contributed by atoms with Gasteiger partial charge in [-0.2, -0.15) is 0 Å². The van der Waals surface area contributed by atoms with E-state index in [1.54, 1.807) is 24.3 Å². The van der Waals surface area contributed by atoms with E-state index in [9.17, 15) is 19.7 Å². The minimum atomic E-state index is -1.16. The Morgan fingerprint density at radius 3 is 2.60 bits per heavy atom. The summed E-state index contributed by atoms with van der Waals surface area (Å²) in [6, 6.07) is 9.96. The first kappa shape index (κ1) is 18.2. The molecule has 0 spiro atoms. The number of amides is 1. The van der Waals surface area contributed by atoms with Gasteiger partial charge in [-0.1, -0.05) is 23.7 Å². The fraction of sp³-hybridized carbons (Fsp3) is 0.125. The summed E-state index contributed by atoms with van der Waals surface area (Å²) in [6.07, 6.45) is -1.16. The molecule has 0 aromatic heterocycles. The van der Waals surface area contributed by atoms with Crippen LogP contribution < -0.4 is 11.1 Å². The largest absolute Gasteiger partial charge is 0.449 e. The second kappa shape index (κ2) is 7.63. The molecular weight excluding hydrogens is 350 g/mol. The molecule has 25 heavy (non-hydrogen) atoms. The summed E-state index contributed by atoms with van der Waals surface area (Å²) in [4.78, 5) is 34.4. The van der Waals surface area contributed by atoms with Crippen LogP contribution in [0.1, 0.15) is 17.3 Å². The molecule has 0 unspecified atom stereocenters. The summed E-state index contributed by atoms with van der Waals surface area (Å²) < 4.78 is 5.03. The van der Waals surface area contributed by atoms with E-state index >= 15 is 0 Å². The lowest BCUT2D eigenvalue weighted by molar-refractivity contribution is -0.384. The Bertz CT molecular complexity index is 840. The highest BCUT2D eigenvalue weighted by atomic mass is 35.5. The van der Waals surface area contributed by atoms with Crippen LogP contribution in [0.5, 0.6) is 0 Å². The van der Waals surface area contributed by atoms with Gasteiger partial charge in [0.05, 0.1) is 21.2 Å². The number of nitrogen functional groups attached to an aromatic ring is 1. The maximum atomic E-state index is 12.1. The standard InChI is InChI=1S/C16H14ClN3O5/c1-9(15(21)19-14-5-3-2-4-12(14)17)25-16(22)11-8-10(20(23)24)6-7-13(11)18/h2-9H,18H2,1H3,(H,19,21)/t9-/m0/s1. The third kappa shape index (κ3) is 4.45. The van der Waals surface area contributed by atoms with Crippen LogP contribution in [0, 0.1) is 10.1 Å². The molecule has 0 aliphatic carbocycles. The number of carbonyl (C=O) groups excluding carboxylic acids is 2. The predicted molar refractivity (Wildman–Crippen MR) is 92.5 cm³/mol. The van der Waals surface area contributed by atoms with Gasteiger partial charge >= 0.3 is 5.97 Å². The minimum Gasteiger partial charge on any atom is -0.449 e. The van der Waals surface area contributed by atoms with Gasteiger partial charge in [0.2, 0.25) is 0 Å². The molecule has 0 saturated heterocycles. The number of nitro benzene ring substituents is 1. The molecule has 0 saturated carbocycles. The number of nitrogens with one attached hydrogen (secondary N) is 1. The van der Waals surface area contributed by atoms with Crippen molar-refractivity contribution in [3.8, 4) is 0 Å². The van der Waals surface area contributed by atoms with Crippen LogP contribution in [0.15, 0.2) is 42.5 Å². The Labute approximate surface area is 147 Å². The topological polar surface area (TPSA) is 125 Å². The number of esters is 1. The van der Waals surface area contributed by atoms with Crippen molar-refractivity contribution in [2.75, 3.05) is 11.1 Å². The highest BCUT2D eigenvalue weighted by Crippen LogP contribution is 2.22. The molecule has 0 radical (unpaired) electrons. The number of nitrogens with zero attached hydrogens (tertiary/aromatic N) is 1. The molecule has 9 heteroatoms. The predicted octanol–water partition coefficient (Wildman–Crippen LogP) is 3.01. The molecule has 0 bridgehead atoms. The maximum absolute atomic E-state index is 12.1. The van der Waals surface area contributed by atoms with E-state index in [1.807, 2.05) is 0 Å². The second-order valence-corrected chi connectivity index (χ2v) is 5.45. The molecule has 130 valence electrons. The highest BCUT2D eigenvalue weighted by molar-refractivity contribution is 6.33. The lowest BCUT2D eigenvalue weighted by atomic mass is 10.1. The number of nitrogens with two attached hydrogens (primary N) is 1. The van der Waals surface area contributed by atoms with Gasteiger partial charge in [-0.25, -0.2) is 4.79 Å². The summed E-state index contributed by atoms with van der Waals surface area (Å²) in [7, 11) is 0. The van der Waals surface area contributed by atoms with Crippen molar-refractivity contribution in [1.82, 2.24) is 0 Å². The highest BCUT2D eigenvalue weighted by Gasteiger charge is 2.22. The maximum Gasteiger partial charge on any atom is 0.341 e. The van der Waals surface area contributed by atoms with Crippen molar-refractivity contribution in [3.63, 3.8) is 0 Å². The normalized spacial score (nSPS) is 11.4. The Morgan fingerprint density at radius 1 is 1.28 bits per heavy atom. The summed E-state index contributed by atoms with van der Waals surface area (Å²) in [5.41, 5.74) is 5.52. The summed E-state index contributed by atoms with van der Waals surface area (Å²) in [5.74, 6) is -1.55. The third-order valence-corrected chi connectivity index (χ3v) is 3.58. The number of benzene rings is 2.